The van der Waals surface area contributed by atoms with Crippen LogP contribution in [-0.2, 0) is 22.6 Å². The number of fused-ring (bicyclic) bond motifs is 1. The van der Waals surface area contributed by atoms with Crippen LogP contribution in [0.25, 0.3) is 11.0 Å². The van der Waals surface area contributed by atoms with Crippen molar-refractivity contribution in [2.75, 3.05) is 37.4 Å². The molecule has 0 bridgehead atoms. The van der Waals surface area contributed by atoms with E-state index in [-0.39, 0.29) is 5.91 Å². The molecular formula is C25H32N4O2S. The largest absolute Gasteiger partial charge is 0.379 e. The van der Waals surface area contributed by atoms with Gasteiger partial charge >= 0.3 is 0 Å². The van der Waals surface area contributed by atoms with Crippen LogP contribution in [0.4, 0.5) is 5.69 Å². The Morgan fingerprint density at radius 2 is 1.88 bits per heavy atom. The van der Waals surface area contributed by atoms with Gasteiger partial charge in [-0.05, 0) is 42.2 Å². The second-order valence-electron chi connectivity index (χ2n) is 8.64. The monoisotopic (exact) mass is 452 g/mol. The third-order valence-electron chi connectivity index (χ3n) is 5.63. The summed E-state index contributed by atoms with van der Waals surface area (Å²) in [5.74, 6) is 0.933. The first-order valence-electron chi connectivity index (χ1n) is 11.4. The molecule has 0 spiro atoms. The molecular weight excluding hydrogens is 420 g/mol. The standard InChI is InChI=1S/C25H32N4O2S/c1-19(2)11-12-29-23-6-4-3-5-22(23)27-25(29)32-18-24(30)26-21-9-7-20(8-10-21)17-28-13-15-31-16-14-28/h3-10,19H,11-18H2,1-2H3,(H,26,30). The van der Waals surface area contributed by atoms with Crippen LogP contribution < -0.4 is 5.32 Å². The van der Waals surface area contributed by atoms with Crippen molar-refractivity contribution in [2.45, 2.75) is 38.5 Å². The quantitative estimate of drug-likeness (QED) is 0.479. The zero-order valence-corrected chi connectivity index (χ0v) is 19.7. The van der Waals surface area contributed by atoms with E-state index in [1.165, 1.54) is 17.3 Å². The Labute approximate surface area is 194 Å². The minimum Gasteiger partial charge on any atom is -0.379 e. The van der Waals surface area contributed by atoms with Gasteiger partial charge in [0.25, 0.3) is 0 Å². The van der Waals surface area contributed by atoms with Crippen molar-refractivity contribution in [1.29, 1.82) is 0 Å². The summed E-state index contributed by atoms with van der Waals surface area (Å²) in [5.41, 5.74) is 4.19. The van der Waals surface area contributed by atoms with Crippen molar-refractivity contribution in [2.24, 2.45) is 5.92 Å². The van der Waals surface area contributed by atoms with Crippen molar-refractivity contribution in [1.82, 2.24) is 14.5 Å². The normalized spacial score (nSPS) is 14.8. The van der Waals surface area contributed by atoms with Crippen LogP contribution in [-0.4, -0.2) is 52.4 Å². The fraction of sp³-hybridized carbons (Fsp3) is 0.440. The first kappa shape index (κ1) is 22.8. The van der Waals surface area contributed by atoms with Gasteiger partial charge in [0.1, 0.15) is 0 Å². The number of thioether (sulfide) groups is 1. The van der Waals surface area contributed by atoms with Crippen molar-refractivity contribution in [3.05, 3.63) is 54.1 Å². The van der Waals surface area contributed by atoms with Gasteiger partial charge in [-0.2, -0.15) is 0 Å². The maximum atomic E-state index is 12.6. The van der Waals surface area contributed by atoms with E-state index in [1.807, 2.05) is 30.3 Å². The second kappa shape index (κ2) is 11.0. The molecule has 4 rings (SSSR count). The van der Waals surface area contributed by atoms with Gasteiger partial charge in [-0.3, -0.25) is 9.69 Å². The number of morpholine rings is 1. The van der Waals surface area contributed by atoms with Gasteiger partial charge in [0.2, 0.25) is 5.91 Å². The molecule has 3 aromatic rings. The number of nitrogens with one attached hydrogen (secondary N) is 1. The number of aromatic nitrogens is 2. The highest BCUT2D eigenvalue weighted by Crippen LogP contribution is 2.25. The number of para-hydroxylation sites is 2. The molecule has 0 saturated carbocycles. The van der Waals surface area contributed by atoms with Crippen molar-refractivity contribution < 1.29 is 9.53 Å². The molecule has 1 fully saturated rings. The van der Waals surface area contributed by atoms with E-state index in [2.05, 4.69) is 46.8 Å². The van der Waals surface area contributed by atoms with Gasteiger partial charge < -0.3 is 14.6 Å². The molecule has 2 heterocycles. The SMILES string of the molecule is CC(C)CCn1c(SCC(=O)Nc2ccc(CN3CCOCC3)cc2)nc2ccccc21. The number of hydrogen-bond acceptors (Lipinski definition) is 5. The summed E-state index contributed by atoms with van der Waals surface area (Å²) in [5, 5.41) is 3.92. The molecule has 0 aliphatic carbocycles. The number of aryl methyl sites for hydroxylation is 1. The Kier molecular flexibility index (Phi) is 7.84. The number of benzene rings is 2. The molecule has 1 aliphatic rings. The second-order valence-corrected chi connectivity index (χ2v) is 9.58. The fourth-order valence-corrected chi connectivity index (χ4v) is 4.65. The number of nitrogens with zero attached hydrogens (tertiary/aromatic N) is 3. The molecule has 0 radical (unpaired) electrons. The van der Waals surface area contributed by atoms with E-state index in [0.717, 1.165) is 67.7 Å². The number of anilines is 1. The highest BCUT2D eigenvalue weighted by atomic mass is 32.2. The summed E-state index contributed by atoms with van der Waals surface area (Å²) >= 11 is 1.50. The molecule has 2 aromatic carbocycles. The summed E-state index contributed by atoms with van der Waals surface area (Å²) < 4.78 is 7.65. The van der Waals surface area contributed by atoms with Crippen molar-refractivity contribution in [3.63, 3.8) is 0 Å². The van der Waals surface area contributed by atoms with Crippen molar-refractivity contribution >= 4 is 34.4 Å². The predicted molar refractivity (Wildman–Crippen MR) is 131 cm³/mol. The molecule has 170 valence electrons. The van der Waals surface area contributed by atoms with Crippen LogP contribution >= 0.6 is 11.8 Å². The minimum atomic E-state index is -0.0154. The summed E-state index contributed by atoms with van der Waals surface area (Å²) in [6.45, 7) is 9.83. The van der Waals surface area contributed by atoms with Gasteiger partial charge in [-0.1, -0.05) is 49.9 Å². The lowest BCUT2D eigenvalue weighted by Gasteiger charge is -2.26. The smallest absolute Gasteiger partial charge is 0.234 e. The minimum absolute atomic E-state index is 0.0154. The van der Waals surface area contributed by atoms with Crippen LogP contribution in [0.1, 0.15) is 25.8 Å². The Hall–Kier alpha value is -2.35. The van der Waals surface area contributed by atoms with E-state index in [1.54, 1.807) is 0 Å². The van der Waals surface area contributed by atoms with Crippen molar-refractivity contribution in [3.8, 4) is 0 Å². The third kappa shape index (κ3) is 6.12. The summed E-state index contributed by atoms with van der Waals surface area (Å²) in [7, 11) is 0. The maximum absolute atomic E-state index is 12.6. The Morgan fingerprint density at radius 3 is 2.62 bits per heavy atom. The topological polar surface area (TPSA) is 59.4 Å². The number of carbonyl (C=O) groups is 1. The molecule has 1 amide bonds. The highest BCUT2D eigenvalue weighted by molar-refractivity contribution is 7.99. The van der Waals surface area contributed by atoms with Crippen LogP contribution in [0.5, 0.6) is 0 Å². The first-order valence-corrected chi connectivity index (χ1v) is 12.3. The zero-order valence-electron chi connectivity index (χ0n) is 18.9. The molecule has 1 saturated heterocycles. The van der Waals surface area contributed by atoms with Crippen LogP contribution in [0.3, 0.4) is 0 Å². The Bertz CT molecular complexity index is 1030. The van der Waals surface area contributed by atoms with Gasteiger partial charge in [-0.15, -0.1) is 0 Å². The lowest BCUT2D eigenvalue weighted by Crippen LogP contribution is -2.35. The van der Waals surface area contributed by atoms with E-state index < -0.39 is 0 Å². The summed E-state index contributed by atoms with van der Waals surface area (Å²) in [6.07, 6.45) is 1.08. The fourth-order valence-electron chi connectivity index (χ4n) is 3.81. The van der Waals surface area contributed by atoms with Gasteiger partial charge in [0.05, 0.1) is 30.0 Å². The number of carbonyl (C=O) groups excluding carboxylic acids is 1. The number of amides is 1. The van der Waals surface area contributed by atoms with E-state index in [0.29, 0.717) is 11.7 Å². The molecule has 1 aromatic heterocycles. The van der Waals surface area contributed by atoms with Crippen LogP contribution in [0, 0.1) is 5.92 Å². The zero-order chi connectivity index (χ0) is 22.3. The number of ether oxygens (including phenoxy) is 1. The molecule has 7 heteroatoms. The average Bonchev–Trinajstić information content (AvgIpc) is 3.16. The van der Waals surface area contributed by atoms with Gasteiger partial charge in [-0.25, -0.2) is 4.98 Å². The average molecular weight is 453 g/mol. The maximum Gasteiger partial charge on any atom is 0.234 e. The number of rotatable bonds is 9. The predicted octanol–water partition coefficient (Wildman–Crippen LogP) is 4.65. The first-order chi connectivity index (χ1) is 15.6. The van der Waals surface area contributed by atoms with E-state index >= 15 is 0 Å². The Morgan fingerprint density at radius 1 is 1.12 bits per heavy atom. The lowest BCUT2D eigenvalue weighted by atomic mass is 10.1. The van der Waals surface area contributed by atoms with E-state index in [4.69, 9.17) is 9.72 Å². The van der Waals surface area contributed by atoms with Gasteiger partial charge in [0, 0.05) is 31.9 Å². The molecule has 1 aliphatic heterocycles. The Balaban J connectivity index is 1.33. The number of hydrogen-bond donors (Lipinski definition) is 1. The molecule has 1 N–H and O–H groups in total. The van der Waals surface area contributed by atoms with E-state index in [9.17, 15) is 4.79 Å². The molecule has 32 heavy (non-hydrogen) atoms. The number of imidazole rings is 1. The molecule has 0 atom stereocenters. The highest BCUT2D eigenvalue weighted by Gasteiger charge is 2.14. The third-order valence-corrected chi connectivity index (χ3v) is 6.61. The molecule has 6 nitrogen and oxygen atoms in total. The van der Waals surface area contributed by atoms with Crippen LogP contribution in [0.2, 0.25) is 0 Å². The van der Waals surface area contributed by atoms with Crippen LogP contribution in [0.15, 0.2) is 53.7 Å². The summed E-state index contributed by atoms with van der Waals surface area (Å²) in [4.78, 5) is 19.7. The lowest BCUT2D eigenvalue weighted by molar-refractivity contribution is -0.113. The molecule has 0 unspecified atom stereocenters. The van der Waals surface area contributed by atoms with Gasteiger partial charge in [0.15, 0.2) is 5.16 Å². The summed E-state index contributed by atoms with van der Waals surface area (Å²) in [6, 6.07) is 16.3.